The SMILES string of the molecule is Cc1ccc(C)c(OCC(=O)Nc2ccc(Cl)cc2N)c1. The van der Waals surface area contributed by atoms with Crippen LogP contribution in [0.2, 0.25) is 5.02 Å². The first-order chi connectivity index (χ1) is 9.95. The Morgan fingerprint density at radius 1 is 1.24 bits per heavy atom. The van der Waals surface area contributed by atoms with Crippen molar-refractivity contribution in [1.82, 2.24) is 0 Å². The zero-order chi connectivity index (χ0) is 15.4. The Morgan fingerprint density at radius 2 is 2.00 bits per heavy atom. The second kappa shape index (κ2) is 6.50. The van der Waals surface area contributed by atoms with Crippen LogP contribution in [-0.2, 0) is 4.79 Å². The van der Waals surface area contributed by atoms with Crippen LogP contribution in [0.5, 0.6) is 5.75 Å². The van der Waals surface area contributed by atoms with Crippen molar-refractivity contribution in [2.45, 2.75) is 13.8 Å². The quantitative estimate of drug-likeness (QED) is 0.849. The van der Waals surface area contributed by atoms with Gasteiger partial charge in [0, 0.05) is 5.02 Å². The van der Waals surface area contributed by atoms with Gasteiger partial charge in [0.15, 0.2) is 6.61 Å². The predicted molar refractivity (Wildman–Crippen MR) is 85.9 cm³/mol. The van der Waals surface area contributed by atoms with E-state index in [1.807, 2.05) is 32.0 Å². The molecule has 4 nitrogen and oxygen atoms in total. The first-order valence-corrected chi connectivity index (χ1v) is 6.88. The second-order valence-corrected chi connectivity index (χ2v) is 5.27. The first kappa shape index (κ1) is 15.2. The third-order valence-corrected chi connectivity index (χ3v) is 3.23. The number of hydrogen-bond donors (Lipinski definition) is 2. The summed E-state index contributed by atoms with van der Waals surface area (Å²) in [5.41, 5.74) is 8.79. The number of ether oxygens (including phenoxy) is 1. The Labute approximate surface area is 128 Å². The van der Waals surface area contributed by atoms with E-state index in [1.54, 1.807) is 18.2 Å². The highest BCUT2D eigenvalue weighted by atomic mass is 35.5. The minimum absolute atomic E-state index is 0.0770. The standard InChI is InChI=1S/C16H17ClN2O2/c1-10-3-4-11(2)15(7-10)21-9-16(20)19-14-6-5-12(17)8-13(14)18/h3-8H,9,18H2,1-2H3,(H,19,20). The van der Waals surface area contributed by atoms with Gasteiger partial charge in [-0.05, 0) is 49.2 Å². The molecule has 2 aromatic rings. The number of anilines is 2. The maximum Gasteiger partial charge on any atom is 0.262 e. The highest BCUT2D eigenvalue weighted by Crippen LogP contribution is 2.23. The first-order valence-electron chi connectivity index (χ1n) is 6.50. The third-order valence-electron chi connectivity index (χ3n) is 2.99. The molecule has 0 saturated carbocycles. The maximum atomic E-state index is 11.9. The molecule has 0 radical (unpaired) electrons. The molecule has 3 N–H and O–H groups in total. The molecule has 21 heavy (non-hydrogen) atoms. The molecule has 1 amide bonds. The van der Waals surface area contributed by atoms with Gasteiger partial charge < -0.3 is 15.8 Å². The summed E-state index contributed by atoms with van der Waals surface area (Å²) in [6.07, 6.45) is 0. The Morgan fingerprint density at radius 3 is 2.71 bits per heavy atom. The summed E-state index contributed by atoms with van der Waals surface area (Å²) in [6.45, 7) is 3.83. The smallest absolute Gasteiger partial charge is 0.262 e. The molecule has 0 aliphatic carbocycles. The maximum absolute atomic E-state index is 11.9. The van der Waals surface area contributed by atoms with Crippen LogP contribution in [0, 0.1) is 13.8 Å². The van der Waals surface area contributed by atoms with Crippen molar-refractivity contribution < 1.29 is 9.53 Å². The average Bonchev–Trinajstić information content (AvgIpc) is 2.43. The van der Waals surface area contributed by atoms with E-state index in [9.17, 15) is 4.79 Å². The van der Waals surface area contributed by atoms with E-state index in [0.717, 1.165) is 11.1 Å². The highest BCUT2D eigenvalue weighted by molar-refractivity contribution is 6.31. The van der Waals surface area contributed by atoms with E-state index in [-0.39, 0.29) is 12.5 Å². The van der Waals surface area contributed by atoms with Crippen molar-refractivity contribution >= 4 is 28.9 Å². The minimum atomic E-state index is -0.273. The van der Waals surface area contributed by atoms with Gasteiger partial charge in [0.25, 0.3) is 5.91 Å². The molecule has 5 heteroatoms. The molecule has 0 aromatic heterocycles. The summed E-state index contributed by atoms with van der Waals surface area (Å²) in [5, 5.41) is 3.22. The van der Waals surface area contributed by atoms with Crippen LogP contribution in [0.3, 0.4) is 0 Å². The molecule has 0 atom stereocenters. The fraction of sp³-hybridized carbons (Fsp3) is 0.188. The Balaban J connectivity index is 1.97. The normalized spacial score (nSPS) is 10.2. The summed E-state index contributed by atoms with van der Waals surface area (Å²) >= 11 is 5.81. The van der Waals surface area contributed by atoms with Crippen LogP contribution in [0.15, 0.2) is 36.4 Å². The number of halogens is 1. The van der Waals surface area contributed by atoms with Gasteiger partial charge in [-0.3, -0.25) is 4.79 Å². The van der Waals surface area contributed by atoms with Crippen LogP contribution < -0.4 is 15.8 Å². The van der Waals surface area contributed by atoms with Gasteiger partial charge in [0.1, 0.15) is 5.75 Å². The molecule has 0 bridgehead atoms. The fourth-order valence-electron chi connectivity index (χ4n) is 1.84. The Hall–Kier alpha value is -2.20. The van der Waals surface area contributed by atoms with Gasteiger partial charge in [0.05, 0.1) is 11.4 Å². The number of benzene rings is 2. The summed E-state index contributed by atoms with van der Waals surface area (Å²) in [6, 6.07) is 10.8. The van der Waals surface area contributed by atoms with Gasteiger partial charge in [-0.25, -0.2) is 0 Å². The number of nitrogen functional groups attached to an aromatic ring is 1. The number of aryl methyl sites for hydroxylation is 2. The van der Waals surface area contributed by atoms with Crippen molar-refractivity contribution in [2.75, 3.05) is 17.7 Å². The second-order valence-electron chi connectivity index (χ2n) is 4.84. The Bertz CT molecular complexity index is 671. The van der Waals surface area contributed by atoms with E-state index < -0.39 is 0 Å². The van der Waals surface area contributed by atoms with Crippen LogP contribution in [0.4, 0.5) is 11.4 Å². The van der Waals surface area contributed by atoms with E-state index in [4.69, 9.17) is 22.1 Å². The zero-order valence-electron chi connectivity index (χ0n) is 11.9. The molecule has 0 unspecified atom stereocenters. The predicted octanol–water partition coefficient (Wildman–Crippen LogP) is 3.56. The molecule has 2 aromatic carbocycles. The number of nitrogens with one attached hydrogen (secondary N) is 1. The van der Waals surface area contributed by atoms with Gasteiger partial charge in [-0.15, -0.1) is 0 Å². The molecule has 2 rings (SSSR count). The topological polar surface area (TPSA) is 64.3 Å². The monoisotopic (exact) mass is 304 g/mol. The van der Waals surface area contributed by atoms with Gasteiger partial charge in [0.2, 0.25) is 0 Å². The van der Waals surface area contributed by atoms with Gasteiger partial charge in [-0.2, -0.15) is 0 Å². The lowest BCUT2D eigenvalue weighted by Crippen LogP contribution is -2.21. The number of amides is 1. The van der Waals surface area contributed by atoms with Crippen molar-refractivity contribution in [3.05, 3.63) is 52.5 Å². The largest absolute Gasteiger partial charge is 0.483 e. The van der Waals surface area contributed by atoms with E-state index >= 15 is 0 Å². The molecule has 0 heterocycles. The third kappa shape index (κ3) is 4.13. The summed E-state index contributed by atoms with van der Waals surface area (Å²) in [7, 11) is 0. The minimum Gasteiger partial charge on any atom is -0.483 e. The van der Waals surface area contributed by atoms with Crippen LogP contribution >= 0.6 is 11.6 Å². The van der Waals surface area contributed by atoms with Crippen molar-refractivity contribution in [3.8, 4) is 5.75 Å². The Kier molecular flexibility index (Phi) is 4.70. The lowest BCUT2D eigenvalue weighted by molar-refractivity contribution is -0.118. The highest BCUT2D eigenvalue weighted by Gasteiger charge is 2.08. The lowest BCUT2D eigenvalue weighted by atomic mass is 10.1. The molecule has 0 fully saturated rings. The van der Waals surface area contributed by atoms with Crippen LogP contribution in [0.1, 0.15) is 11.1 Å². The fourth-order valence-corrected chi connectivity index (χ4v) is 2.02. The molecule has 0 spiro atoms. The van der Waals surface area contributed by atoms with Crippen molar-refractivity contribution in [2.24, 2.45) is 0 Å². The van der Waals surface area contributed by atoms with E-state index in [0.29, 0.717) is 22.1 Å². The molecule has 0 saturated heterocycles. The molecule has 0 aliphatic rings. The number of nitrogens with two attached hydrogens (primary N) is 1. The van der Waals surface area contributed by atoms with Gasteiger partial charge in [-0.1, -0.05) is 23.7 Å². The number of carbonyl (C=O) groups is 1. The summed E-state index contributed by atoms with van der Waals surface area (Å²) in [4.78, 5) is 11.9. The average molecular weight is 305 g/mol. The lowest BCUT2D eigenvalue weighted by Gasteiger charge is -2.11. The number of carbonyl (C=O) groups excluding carboxylic acids is 1. The van der Waals surface area contributed by atoms with Gasteiger partial charge >= 0.3 is 0 Å². The van der Waals surface area contributed by atoms with Crippen LogP contribution in [0.25, 0.3) is 0 Å². The zero-order valence-corrected chi connectivity index (χ0v) is 12.7. The van der Waals surface area contributed by atoms with Crippen molar-refractivity contribution in [1.29, 1.82) is 0 Å². The van der Waals surface area contributed by atoms with E-state index in [1.165, 1.54) is 0 Å². The molecule has 110 valence electrons. The molecular formula is C16H17ClN2O2. The van der Waals surface area contributed by atoms with E-state index in [2.05, 4.69) is 5.32 Å². The number of rotatable bonds is 4. The van der Waals surface area contributed by atoms with Crippen molar-refractivity contribution in [3.63, 3.8) is 0 Å². The number of hydrogen-bond acceptors (Lipinski definition) is 3. The summed E-state index contributed by atoms with van der Waals surface area (Å²) < 4.78 is 5.54. The summed E-state index contributed by atoms with van der Waals surface area (Å²) in [5.74, 6) is 0.430. The molecular weight excluding hydrogens is 288 g/mol. The van der Waals surface area contributed by atoms with Crippen LogP contribution in [-0.4, -0.2) is 12.5 Å². The molecule has 0 aliphatic heterocycles.